The fourth-order valence-corrected chi connectivity index (χ4v) is 3.01. The number of hydrogen-bond donors (Lipinski definition) is 2. The number of anilines is 2. The third-order valence-electron chi connectivity index (χ3n) is 4.64. The third kappa shape index (κ3) is 3.85. The van der Waals surface area contributed by atoms with Gasteiger partial charge in [0.15, 0.2) is 0 Å². The molecule has 3 rings (SSSR count). The Morgan fingerprint density at radius 3 is 2.28 bits per heavy atom. The van der Waals surface area contributed by atoms with Crippen LogP contribution >= 0.6 is 11.6 Å². The lowest BCUT2D eigenvalue weighted by molar-refractivity contribution is -0.122. The molecule has 0 aromatic heterocycles. The van der Waals surface area contributed by atoms with Crippen LogP contribution < -0.4 is 10.6 Å². The molecule has 0 bridgehead atoms. The minimum atomic E-state index is -0.288. The van der Waals surface area contributed by atoms with Gasteiger partial charge in [-0.2, -0.15) is 0 Å². The molecule has 0 aliphatic heterocycles. The van der Waals surface area contributed by atoms with Crippen molar-refractivity contribution in [2.45, 2.75) is 27.2 Å². The second kappa shape index (κ2) is 6.89. The molecule has 0 saturated heterocycles. The van der Waals surface area contributed by atoms with Crippen LogP contribution in [0.25, 0.3) is 0 Å². The minimum absolute atomic E-state index is 0.100. The predicted octanol–water partition coefficient (Wildman–Crippen LogP) is 4.48. The molecular weight excluding hydrogens is 336 g/mol. The number of amides is 2. The number of aryl methyl sites for hydroxylation is 2. The first-order valence-corrected chi connectivity index (χ1v) is 8.68. The lowest BCUT2D eigenvalue weighted by Gasteiger charge is -2.10. The fourth-order valence-electron chi connectivity index (χ4n) is 2.84. The number of benzene rings is 2. The third-order valence-corrected chi connectivity index (χ3v) is 5.05. The maximum atomic E-state index is 12.4. The Balaban J connectivity index is 1.62. The number of carbonyl (C=O) groups is 2. The molecule has 2 unspecified atom stereocenters. The van der Waals surface area contributed by atoms with Gasteiger partial charge in [0.2, 0.25) is 11.8 Å². The highest BCUT2D eigenvalue weighted by Gasteiger charge is 2.48. The first-order chi connectivity index (χ1) is 11.9. The molecule has 0 heterocycles. The van der Waals surface area contributed by atoms with Crippen LogP contribution in [0.15, 0.2) is 36.4 Å². The molecule has 130 valence electrons. The summed E-state index contributed by atoms with van der Waals surface area (Å²) in [6.45, 7) is 5.79. The maximum absolute atomic E-state index is 12.4. The second-order valence-corrected chi connectivity index (χ2v) is 7.07. The van der Waals surface area contributed by atoms with Crippen LogP contribution in [-0.4, -0.2) is 11.8 Å². The summed E-state index contributed by atoms with van der Waals surface area (Å²) in [6, 6.07) is 11.3. The quantitative estimate of drug-likeness (QED) is 0.848. The summed E-state index contributed by atoms with van der Waals surface area (Å²) >= 11 is 6.07. The average Bonchev–Trinajstić information content (AvgIpc) is 3.36. The van der Waals surface area contributed by atoms with Gasteiger partial charge in [-0.25, -0.2) is 0 Å². The number of carbonyl (C=O) groups excluding carboxylic acids is 2. The molecule has 1 fully saturated rings. The van der Waals surface area contributed by atoms with Crippen LogP contribution in [0.1, 0.15) is 23.1 Å². The van der Waals surface area contributed by atoms with Crippen LogP contribution in [0.5, 0.6) is 0 Å². The van der Waals surface area contributed by atoms with E-state index in [0.717, 1.165) is 22.4 Å². The summed E-state index contributed by atoms with van der Waals surface area (Å²) in [7, 11) is 0. The van der Waals surface area contributed by atoms with Crippen LogP contribution in [0, 0.1) is 32.6 Å². The Bertz CT molecular complexity index is 828. The van der Waals surface area contributed by atoms with Crippen molar-refractivity contribution < 1.29 is 9.59 Å². The zero-order chi connectivity index (χ0) is 18.1. The number of nitrogens with one attached hydrogen (secondary N) is 2. The lowest BCUT2D eigenvalue weighted by Crippen LogP contribution is -2.21. The van der Waals surface area contributed by atoms with Crippen LogP contribution in [0.4, 0.5) is 11.4 Å². The van der Waals surface area contributed by atoms with E-state index in [4.69, 9.17) is 11.6 Å². The Morgan fingerprint density at radius 1 is 0.960 bits per heavy atom. The summed E-state index contributed by atoms with van der Waals surface area (Å²) in [4.78, 5) is 24.8. The average molecular weight is 357 g/mol. The molecule has 2 aromatic rings. The van der Waals surface area contributed by atoms with Crippen molar-refractivity contribution in [1.82, 2.24) is 0 Å². The molecule has 1 aliphatic carbocycles. The summed E-state index contributed by atoms with van der Waals surface area (Å²) < 4.78 is 0. The summed E-state index contributed by atoms with van der Waals surface area (Å²) in [5.41, 5.74) is 4.42. The molecule has 1 aliphatic rings. The van der Waals surface area contributed by atoms with E-state index in [1.54, 1.807) is 12.1 Å². The highest BCUT2D eigenvalue weighted by molar-refractivity contribution is 6.31. The predicted molar refractivity (Wildman–Crippen MR) is 101 cm³/mol. The van der Waals surface area contributed by atoms with Crippen molar-refractivity contribution in [2.75, 3.05) is 10.6 Å². The molecule has 0 spiro atoms. The van der Waals surface area contributed by atoms with Gasteiger partial charge in [-0.05, 0) is 62.1 Å². The maximum Gasteiger partial charge on any atom is 0.228 e. The highest BCUT2D eigenvalue weighted by Crippen LogP contribution is 2.40. The van der Waals surface area contributed by atoms with E-state index in [1.807, 2.05) is 45.0 Å². The van der Waals surface area contributed by atoms with Gasteiger partial charge < -0.3 is 10.6 Å². The van der Waals surface area contributed by atoms with Crippen molar-refractivity contribution in [2.24, 2.45) is 11.8 Å². The topological polar surface area (TPSA) is 58.2 Å². The Labute approximate surface area is 152 Å². The van der Waals surface area contributed by atoms with Gasteiger partial charge >= 0.3 is 0 Å². The lowest BCUT2D eigenvalue weighted by atomic mass is 10.1. The molecule has 1 saturated carbocycles. The van der Waals surface area contributed by atoms with E-state index in [1.165, 1.54) is 0 Å². The standard InChI is InChI=1S/C20H21ClN2O2/c1-11-7-8-12(2)18(9-11)23-20(25)15-10-14(15)19(24)22-17-6-4-5-16(21)13(17)3/h4-9,14-15H,10H2,1-3H3,(H,22,24)(H,23,25). The second-order valence-electron chi connectivity index (χ2n) is 6.66. The van der Waals surface area contributed by atoms with E-state index in [9.17, 15) is 9.59 Å². The van der Waals surface area contributed by atoms with Gasteiger partial charge in [-0.1, -0.05) is 29.8 Å². The summed E-state index contributed by atoms with van der Waals surface area (Å²) in [5.74, 6) is -0.800. The van der Waals surface area contributed by atoms with Gasteiger partial charge in [0, 0.05) is 16.4 Å². The molecule has 2 atom stereocenters. The molecule has 2 N–H and O–H groups in total. The van der Waals surface area contributed by atoms with E-state index < -0.39 is 0 Å². The zero-order valence-corrected chi connectivity index (χ0v) is 15.3. The van der Waals surface area contributed by atoms with Crippen LogP contribution in [-0.2, 0) is 9.59 Å². The van der Waals surface area contributed by atoms with Crippen molar-refractivity contribution in [3.63, 3.8) is 0 Å². The normalized spacial score (nSPS) is 18.6. The smallest absolute Gasteiger partial charge is 0.228 e. The van der Waals surface area contributed by atoms with Crippen molar-refractivity contribution >= 4 is 34.8 Å². The highest BCUT2D eigenvalue weighted by atomic mass is 35.5. The van der Waals surface area contributed by atoms with E-state index in [0.29, 0.717) is 17.1 Å². The SMILES string of the molecule is Cc1ccc(C)c(NC(=O)C2CC2C(=O)Nc2cccc(Cl)c2C)c1. The first kappa shape index (κ1) is 17.5. The molecule has 0 radical (unpaired) electrons. The first-order valence-electron chi connectivity index (χ1n) is 8.31. The van der Waals surface area contributed by atoms with Gasteiger partial charge in [0.05, 0.1) is 11.8 Å². The number of hydrogen-bond acceptors (Lipinski definition) is 2. The number of halogens is 1. The molecular formula is C20H21ClN2O2. The fraction of sp³-hybridized carbons (Fsp3) is 0.300. The summed E-state index contributed by atoms with van der Waals surface area (Å²) in [6.07, 6.45) is 0.572. The monoisotopic (exact) mass is 356 g/mol. The molecule has 2 aromatic carbocycles. The minimum Gasteiger partial charge on any atom is -0.326 e. The van der Waals surface area contributed by atoms with E-state index >= 15 is 0 Å². The van der Waals surface area contributed by atoms with Crippen molar-refractivity contribution in [1.29, 1.82) is 0 Å². The molecule has 5 heteroatoms. The van der Waals surface area contributed by atoms with E-state index in [2.05, 4.69) is 10.6 Å². The van der Waals surface area contributed by atoms with Gasteiger partial charge in [0.1, 0.15) is 0 Å². The molecule has 2 amide bonds. The summed E-state index contributed by atoms with van der Waals surface area (Å²) in [5, 5.41) is 6.43. The van der Waals surface area contributed by atoms with Crippen LogP contribution in [0.3, 0.4) is 0 Å². The van der Waals surface area contributed by atoms with E-state index in [-0.39, 0.29) is 23.7 Å². The zero-order valence-electron chi connectivity index (χ0n) is 14.5. The molecule has 25 heavy (non-hydrogen) atoms. The number of rotatable bonds is 4. The molecule has 4 nitrogen and oxygen atoms in total. The largest absolute Gasteiger partial charge is 0.326 e. The van der Waals surface area contributed by atoms with Gasteiger partial charge in [-0.3, -0.25) is 9.59 Å². The Hall–Kier alpha value is -2.33. The Morgan fingerprint density at radius 2 is 1.60 bits per heavy atom. The van der Waals surface area contributed by atoms with Crippen LogP contribution in [0.2, 0.25) is 5.02 Å². The Kier molecular flexibility index (Phi) is 4.82. The van der Waals surface area contributed by atoms with Gasteiger partial charge in [0.25, 0.3) is 0 Å². The van der Waals surface area contributed by atoms with Crippen molar-refractivity contribution in [3.8, 4) is 0 Å². The van der Waals surface area contributed by atoms with Gasteiger partial charge in [-0.15, -0.1) is 0 Å². The van der Waals surface area contributed by atoms with Crippen molar-refractivity contribution in [3.05, 3.63) is 58.1 Å².